The van der Waals surface area contributed by atoms with Crippen molar-refractivity contribution in [3.05, 3.63) is 141 Å². The lowest BCUT2D eigenvalue weighted by atomic mass is 9.78. The number of esters is 1. The number of Topliss-reactive ketones (excluding diaryl/α,β-unsaturated/α-hetero) is 1. The number of likely N-dealkylation sites (N-methyl/N-ethyl adjacent to an activating group) is 1. The summed E-state index contributed by atoms with van der Waals surface area (Å²) in [5.41, 5.74) is 7.09. The van der Waals surface area contributed by atoms with E-state index in [1.165, 1.54) is 110 Å². The molecule has 6 aromatic rings. The Labute approximate surface area is 616 Å². The summed E-state index contributed by atoms with van der Waals surface area (Å²) in [6.07, 6.45) is 17.5. The monoisotopic (exact) mass is 1480 g/mol. The predicted octanol–water partition coefficient (Wildman–Crippen LogP) is 5.97. The van der Waals surface area contributed by atoms with Gasteiger partial charge in [-0.05, 0) is 83.3 Å². The van der Waals surface area contributed by atoms with Crippen molar-refractivity contribution in [2.75, 3.05) is 77.3 Å². The first-order valence-corrected chi connectivity index (χ1v) is 35.1. The number of nitrogen functional groups attached to an aromatic ring is 1. The van der Waals surface area contributed by atoms with Gasteiger partial charge in [0, 0.05) is 149 Å². The number of piperazine rings is 1. The van der Waals surface area contributed by atoms with Crippen LogP contribution in [0.3, 0.4) is 0 Å². The molecule has 5 bridgehead atoms. The van der Waals surface area contributed by atoms with Gasteiger partial charge in [0.2, 0.25) is 5.43 Å². The van der Waals surface area contributed by atoms with Crippen molar-refractivity contribution in [1.29, 1.82) is 0 Å². The van der Waals surface area contributed by atoms with Crippen LogP contribution in [-0.4, -0.2) is 205 Å². The first kappa shape index (κ1) is 80.5. The quantitative estimate of drug-likeness (QED) is 0.0143. The number of carbonyl (C=O) groups excluding carboxylic acids is 5. The number of aromatic nitrogens is 4. The number of hydrogen-bond donors (Lipinski definition) is 11. The maximum absolute atomic E-state index is 15.3. The number of carbonyl (C=O) groups is 6. The number of aromatic carboxylic acids is 1. The number of allylic oxidation sites excluding steroid dienone is 2. The first-order valence-electron chi connectivity index (χ1n) is 35.1. The molecule has 7 aliphatic rings. The third-order valence-electron chi connectivity index (χ3n) is 20.2. The van der Waals surface area contributed by atoms with Crippen LogP contribution in [0.15, 0.2) is 101 Å². The van der Waals surface area contributed by atoms with Gasteiger partial charge in [0.15, 0.2) is 17.3 Å². The summed E-state index contributed by atoms with van der Waals surface area (Å²) in [6, 6.07) is 4.79. The number of phenols is 3. The lowest BCUT2D eigenvalue weighted by molar-refractivity contribution is -0.160. The minimum atomic E-state index is -2.04. The molecule has 1 saturated carbocycles. The van der Waals surface area contributed by atoms with Gasteiger partial charge in [0.05, 0.1) is 77.2 Å². The number of benzene rings is 3. The largest absolute Gasteiger partial charge is 0.507 e. The van der Waals surface area contributed by atoms with Gasteiger partial charge in [-0.2, -0.15) is 5.10 Å². The van der Waals surface area contributed by atoms with Gasteiger partial charge in [-0.25, -0.2) is 20.0 Å². The molecule has 11 atom stereocenters. The van der Waals surface area contributed by atoms with Gasteiger partial charge >= 0.3 is 17.7 Å². The Hall–Kier alpha value is -10.6. The number of halogens is 1. The maximum Gasteiger partial charge on any atom is 0.341 e. The highest BCUT2D eigenvalue weighted by atomic mass is 19.1. The number of nitrogens with zero attached hydrogens (tertiary/aromatic N) is 8. The van der Waals surface area contributed by atoms with Crippen molar-refractivity contribution < 1.29 is 87.5 Å². The average molecular weight is 1480 g/mol. The van der Waals surface area contributed by atoms with E-state index in [-0.39, 0.29) is 73.1 Å². The molecule has 3 aromatic carbocycles. The topological polar surface area (TPSA) is 441 Å². The number of phenolic OH excluding ortho intramolecular Hbond substituents is 3. The molecule has 107 heavy (non-hydrogen) atoms. The van der Waals surface area contributed by atoms with Crippen molar-refractivity contribution in [2.45, 2.75) is 123 Å². The van der Waals surface area contributed by atoms with E-state index in [9.17, 15) is 64.2 Å². The highest BCUT2D eigenvalue weighted by molar-refractivity contribution is 6.24. The molecule has 13 rings (SSSR count). The average Bonchev–Trinajstić information content (AvgIpc) is 1.65. The van der Waals surface area contributed by atoms with Gasteiger partial charge in [-0.3, -0.25) is 49.2 Å². The maximum atomic E-state index is 15.3. The van der Waals surface area contributed by atoms with Gasteiger partial charge in [-0.1, -0.05) is 45.9 Å². The van der Waals surface area contributed by atoms with Crippen LogP contribution in [0, 0.1) is 42.3 Å². The van der Waals surface area contributed by atoms with E-state index in [0.717, 1.165) is 51.9 Å². The number of aromatic hydroxyl groups is 3. The Kier molecular flexibility index (Phi) is 26.1. The summed E-state index contributed by atoms with van der Waals surface area (Å²) in [6.45, 7) is 17.5. The standard InChI is InChI=1S/C43H58N4O12.C21H24FN3O4.C6H7N3O.C5H5N3O/c1-21-12-11-13-22(2)42(55)45-33-28(20-44-47-17-15-46(9)16-18-47)37(52)30-31(38(33)53)36(51)26(6)40-32(30)41(54)43(8,59-40)57-19-14-29(56-10)23(3)39(58-27(7)48)25(5)35(50)24(4)34(21)49;1-29-20-17-13(19(26)14(21(27)28)9-25(17)12-4-5-12)7-15(22)18(20)24-8-11-3-2-6-23-16(11)10-24;7-9-6(10)5-1-3-8-4-2-5;6-5(9)4-3-7-1-2-8-4/h11-14,19-21,23-25,29,34-35,39,49-53H,15-18H2,1-10H3,(H,45,55);7,9,11-12,16,23H,2-6,8,10H2,1H3,(H,27,28);1-4H,7H2,(H,9,10);1-3H,(H2,6,9)/b12-11+,19-14+,22-13-,44-20-;;;/t21-,23-,24-,25+,29+,34-,35+,39-,43+;11-,16+;;/m10../s1. The normalized spacial score (nSPS) is 25.8. The van der Waals surface area contributed by atoms with Crippen LogP contribution in [0.2, 0.25) is 0 Å². The van der Waals surface area contributed by atoms with E-state index in [0.29, 0.717) is 54.1 Å². The molecule has 0 radical (unpaired) electrons. The second-order valence-electron chi connectivity index (χ2n) is 27.6. The summed E-state index contributed by atoms with van der Waals surface area (Å²) < 4.78 is 46.4. The van der Waals surface area contributed by atoms with Crippen LogP contribution in [0.5, 0.6) is 28.7 Å². The molecule has 4 fully saturated rings. The highest BCUT2D eigenvalue weighted by Crippen LogP contribution is 2.55. The molecule has 0 unspecified atom stereocenters. The van der Waals surface area contributed by atoms with E-state index in [1.807, 2.05) is 17.4 Å². The summed E-state index contributed by atoms with van der Waals surface area (Å²) in [5, 5.41) is 79.9. The van der Waals surface area contributed by atoms with Crippen LogP contribution >= 0.6 is 0 Å². The molecule has 574 valence electrons. The molecule has 31 nitrogen and oxygen atoms in total. The first-order chi connectivity index (χ1) is 50.9. The number of pyridine rings is 2. The van der Waals surface area contributed by atoms with Gasteiger partial charge < -0.3 is 85.1 Å². The van der Waals surface area contributed by atoms with E-state index < -0.39 is 112 Å². The Morgan fingerprint density at radius 2 is 1.59 bits per heavy atom. The fourth-order valence-corrected chi connectivity index (χ4v) is 13.9. The second-order valence-corrected chi connectivity index (χ2v) is 27.6. The van der Waals surface area contributed by atoms with Crippen molar-refractivity contribution >= 4 is 74.7 Å². The number of methoxy groups -OCH3 is 2. The van der Waals surface area contributed by atoms with E-state index in [4.69, 9.17) is 35.3 Å². The molecule has 13 N–H and O–H groups in total. The lowest BCUT2D eigenvalue weighted by Gasteiger charge is -2.38. The van der Waals surface area contributed by atoms with E-state index >= 15 is 4.39 Å². The zero-order valence-electron chi connectivity index (χ0n) is 61.5. The predicted molar refractivity (Wildman–Crippen MR) is 394 cm³/mol. The fourth-order valence-electron chi connectivity index (χ4n) is 13.9. The lowest BCUT2D eigenvalue weighted by Crippen LogP contribution is -2.46. The SMILES string of the molecule is CO[C@H]1/C=C/O[C@@]2(C)Oc3c(C)c(O)c4c(O)c(c(/C=N\N5CCN(C)CC5)c(O)c4c3C2=O)NC(=O)/C(C)=C\C=C\[C@@H](C)[C@@H](O)[C@@H](C)[C@H](O)[C@H](C)[C@H](OC(C)=O)[C@@H]1C.COc1c(N2C[C@@H]3CCCN[C@@H]3C2)c(F)cc2c(=O)c(C(=O)O)cn(C3CC3)c12.NC(=O)c1cnccn1.NNC(=O)c1ccncc1. The Morgan fingerprint density at radius 3 is 2.19 bits per heavy atom. The molecule has 6 aliphatic heterocycles. The third-order valence-corrected chi connectivity index (χ3v) is 20.2. The van der Waals surface area contributed by atoms with Crippen LogP contribution in [0.1, 0.15) is 133 Å². The number of piperidine rings is 1. The molecule has 3 amide bonds. The van der Waals surface area contributed by atoms with Crippen LogP contribution in [0.4, 0.5) is 15.8 Å². The molecular weight excluding hydrogens is 1390 g/mol. The van der Waals surface area contributed by atoms with Crippen LogP contribution < -0.4 is 47.4 Å². The van der Waals surface area contributed by atoms with E-state index in [1.54, 1.807) is 61.6 Å². The van der Waals surface area contributed by atoms with E-state index in [2.05, 4.69) is 35.6 Å². The number of carboxylic acid groups (broad SMARTS) is 1. The molecule has 0 spiro atoms. The summed E-state index contributed by atoms with van der Waals surface area (Å²) in [4.78, 5) is 101. The fraction of sp³-hybridized carbons (Fsp3) is 0.453. The zero-order valence-corrected chi connectivity index (χ0v) is 61.5. The second kappa shape index (κ2) is 34.7. The number of ketones is 1. The number of hydrazone groups is 1. The smallest absolute Gasteiger partial charge is 0.341 e. The van der Waals surface area contributed by atoms with Crippen molar-refractivity contribution in [2.24, 2.45) is 46.3 Å². The Bertz CT molecular complexity index is 4480. The van der Waals surface area contributed by atoms with Gasteiger partial charge in [0.25, 0.3) is 23.5 Å². The zero-order chi connectivity index (χ0) is 78.0. The van der Waals surface area contributed by atoms with Gasteiger partial charge in [-0.15, -0.1) is 0 Å². The molecule has 32 heteroatoms. The number of nitrogens with two attached hydrogens (primary N) is 2. The summed E-state index contributed by atoms with van der Waals surface area (Å²) >= 11 is 0. The van der Waals surface area contributed by atoms with Crippen LogP contribution in [0.25, 0.3) is 21.7 Å². The number of fused-ring (bicyclic) bond motifs is 16. The number of hydrogen-bond acceptors (Lipinski definition) is 26. The molecule has 3 saturated heterocycles. The van der Waals surface area contributed by atoms with Crippen molar-refractivity contribution in [3.63, 3.8) is 0 Å². The number of nitrogens with one attached hydrogen (secondary N) is 3. The molecular formula is C75H94FN13O18. The highest BCUT2D eigenvalue weighted by Gasteiger charge is 2.50. The minimum absolute atomic E-state index is 0.0559. The third kappa shape index (κ3) is 17.8. The molecule has 9 heterocycles. The number of aliphatic hydroxyl groups is 2. The number of anilines is 2. The number of rotatable bonds is 10. The summed E-state index contributed by atoms with van der Waals surface area (Å²) in [5.74, 6) is -5.38. The van der Waals surface area contributed by atoms with Gasteiger partial charge in [0.1, 0.15) is 40.3 Å². The molecule has 3 aromatic heterocycles. The number of ether oxygens (including phenoxy) is 5. The summed E-state index contributed by atoms with van der Waals surface area (Å²) in [7, 11) is 4.90. The number of carboxylic acids is 1. The van der Waals surface area contributed by atoms with Crippen molar-refractivity contribution in [1.82, 2.24) is 40.2 Å². The number of amides is 3. The molecule has 1 aliphatic carbocycles. The number of hydrazine groups is 1. The van der Waals surface area contributed by atoms with Crippen molar-refractivity contribution in [3.8, 4) is 28.7 Å². The number of aliphatic hydroxyl groups excluding tert-OH is 2. The minimum Gasteiger partial charge on any atom is -0.507 e. The number of primary amides is 1. The Morgan fingerprint density at radius 1 is 0.888 bits per heavy atom. The van der Waals surface area contributed by atoms with Crippen LogP contribution in [-0.2, 0) is 23.8 Å². The Balaban J connectivity index is 0.000000222.